The van der Waals surface area contributed by atoms with Crippen LogP contribution in [0.15, 0.2) is 48.5 Å². The van der Waals surface area contributed by atoms with Crippen molar-refractivity contribution in [3.63, 3.8) is 0 Å². The highest BCUT2D eigenvalue weighted by Crippen LogP contribution is 2.27. The Bertz CT molecular complexity index is 783. The molecule has 2 atom stereocenters. The van der Waals surface area contributed by atoms with Crippen molar-refractivity contribution in [2.24, 2.45) is 5.92 Å². The smallest absolute Gasteiger partial charge is 0.408 e. The quantitative estimate of drug-likeness (QED) is 0.614. The average molecular weight is 391 g/mol. The molecule has 7 heteroatoms. The van der Waals surface area contributed by atoms with E-state index in [1.54, 1.807) is 0 Å². The topological polar surface area (TPSA) is 87.7 Å². The Hall–Kier alpha value is -2.73. The summed E-state index contributed by atoms with van der Waals surface area (Å²) in [6.07, 6.45) is -0.0203. The van der Waals surface area contributed by atoms with E-state index in [0.29, 0.717) is 11.4 Å². The van der Waals surface area contributed by atoms with Gasteiger partial charge in [0.2, 0.25) is 5.91 Å². The van der Waals surface area contributed by atoms with Crippen molar-refractivity contribution < 1.29 is 19.4 Å². The first-order chi connectivity index (χ1) is 12.9. The minimum atomic E-state index is -0.823. The molecule has 0 aliphatic heterocycles. The largest absolute Gasteiger partial charge is 0.506 e. The molecular formula is C20H23ClN2O4. The second-order valence-electron chi connectivity index (χ2n) is 6.22. The summed E-state index contributed by atoms with van der Waals surface area (Å²) < 4.78 is 5.20. The Morgan fingerprint density at radius 3 is 2.56 bits per heavy atom. The Labute approximate surface area is 163 Å². The molecule has 0 aliphatic rings. The highest BCUT2D eigenvalue weighted by Gasteiger charge is 2.27. The lowest BCUT2D eigenvalue weighted by molar-refractivity contribution is -0.119. The summed E-state index contributed by atoms with van der Waals surface area (Å²) >= 11 is 5.90. The summed E-state index contributed by atoms with van der Waals surface area (Å²) in [6.45, 7) is 3.87. The molecule has 2 aromatic carbocycles. The maximum Gasteiger partial charge on any atom is 0.408 e. The summed E-state index contributed by atoms with van der Waals surface area (Å²) in [5.41, 5.74) is 1.03. The van der Waals surface area contributed by atoms with Crippen LogP contribution in [0.3, 0.4) is 0 Å². The van der Waals surface area contributed by atoms with Gasteiger partial charge in [0.15, 0.2) is 0 Å². The van der Waals surface area contributed by atoms with Gasteiger partial charge in [-0.2, -0.15) is 0 Å². The SMILES string of the molecule is CC[C@H](C)[C@H](NC(=O)OCc1ccccc1)C(=O)Nc1cc(Cl)ccc1O. The monoisotopic (exact) mass is 390 g/mol. The molecule has 3 N–H and O–H groups in total. The van der Waals surface area contributed by atoms with Gasteiger partial charge in [-0.25, -0.2) is 4.79 Å². The van der Waals surface area contributed by atoms with Crippen molar-refractivity contribution in [3.8, 4) is 5.75 Å². The number of anilines is 1. The zero-order valence-electron chi connectivity index (χ0n) is 15.2. The zero-order valence-corrected chi connectivity index (χ0v) is 16.0. The molecular weight excluding hydrogens is 368 g/mol. The first-order valence-corrected chi connectivity index (χ1v) is 9.05. The van der Waals surface area contributed by atoms with Gasteiger partial charge in [-0.15, -0.1) is 0 Å². The maximum atomic E-state index is 12.7. The molecule has 0 bridgehead atoms. The van der Waals surface area contributed by atoms with Gasteiger partial charge in [-0.1, -0.05) is 62.2 Å². The van der Waals surface area contributed by atoms with Gasteiger partial charge in [0, 0.05) is 5.02 Å². The molecule has 6 nitrogen and oxygen atoms in total. The van der Waals surface area contributed by atoms with E-state index in [4.69, 9.17) is 16.3 Å². The van der Waals surface area contributed by atoms with Crippen molar-refractivity contribution in [1.82, 2.24) is 5.32 Å². The number of hydrogen-bond donors (Lipinski definition) is 3. The molecule has 0 radical (unpaired) electrons. The van der Waals surface area contributed by atoms with Gasteiger partial charge in [0.05, 0.1) is 5.69 Å². The second-order valence-corrected chi connectivity index (χ2v) is 6.66. The number of alkyl carbamates (subject to hydrolysis) is 1. The summed E-state index contributed by atoms with van der Waals surface area (Å²) in [5, 5.41) is 15.4. The zero-order chi connectivity index (χ0) is 19.8. The van der Waals surface area contributed by atoms with E-state index in [-0.39, 0.29) is 24.0 Å². The van der Waals surface area contributed by atoms with E-state index in [9.17, 15) is 14.7 Å². The molecule has 2 amide bonds. The molecule has 0 aromatic heterocycles. The van der Waals surface area contributed by atoms with Gasteiger partial charge in [-0.3, -0.25) is 4.79 Å². The number of carbonyl (C=O) groups is 2. The highest BCUT2D eigenvalue weighted by molar-refractivity contribution is 6.31. The minimum Gasteiger partial charge on any atom is -0.506 e. The van der Waals surface area contributed by atoms with Crippen LogP contribution in [0.2, 0.25) is 5.02 Å². The summed E-state index contributed by atoms with van der Waals surface area (Å²) in [7, 11) is 0. The van der Waals surface area contributed by atoms with Crippen molar-refractivity contribution in [1.29, 1.82) is 0 Å². The lowest BCUT2D eigenvalue weighted by Crippen LogP contribution is -2.47. The van der Waals surface area contributed by atoms with Gasteiger partial charge in [0.25, 0.3) is 0 Å². The van der Waals surface area contributed by atoms with Gasteiger partial charge in [0.1, 0.15) is 18.4 Å². The molecule has 0 saturated carbocycles. The third kappa shape index (κ3) is 6.18. The van der Waals surface area contributed by atoms with Crippen molar-refractivity contribution in [2.75, 3.05) is 5.32 Å². The second kappa shape index (κ2) is 9.83. The van der Waals surface area contributed by atoms with Gasteiger partial charge in [-0.05, 0) is 29.7 Å². The van der Waals surface area contributed by atoms with Crippen LogP contribution in [0.25, 0.3) is 0 Å². The van der Waals surface area contributed by atoms with Crippen molar-refractivity contribution in [3.05, 3.63) is 59.1 Å². The molecule has 144 valence electrons. The average Bonchev–Trinajstić information content (AvgIpc) is 2.67. The Morgan fingerprint density at radius 2 is 1.89 bits per heavy atom. The van der Waals surface area contributed by atoms with E-state index < -0.39 is 18.0 Å². The summed E-state index contributed by atoms with van der Waals surface area (Å²) in [5.74, 6) is -0.712. The molecule has 0 unspecified atom stereocenters. The number of aromatic hydroxyl groups is 1. The fraction of sp³-hybridized carbons (Fsp3) is 0.300. The van der Waals surface area contributed by atoms with Crippen LogP contribution >= 0.6 is 11.6 Å². The number of ether oxygens (including phenoxy) is 1. The van der Waals surface area contributed by atoms with Crippen LogP contribution in [0, 0.1) is 5.92 Å². The number of phenolic OH excluding ortho intramolecular Hbond substituents is 1. The predicted molar refractivity (Wildman–Crippen MR) is 105 cm³/mol. The van der Waals surface area contributed by atoms with Crippen molar-refractivity contribution in [2.45, 2.75) is 32.9 Å². The van der Waals surface area contributed by atoms with E-state index in [2.05, 4.69) is 10.6 Å². The molecule has 2 aromatic rings. The number of phenols is 1. The van der Waals surface area contributed by atoms with Crippen LogP contribution < -0.4 is 10.6 Å². The fourth-order valence-corrected chi connectivity index (χ4v) is 2.58. The van der Waals surface area contributed by atoms with E-state index in [1.807, 2.05) is 44.2 Å². The first-order valence-electron chi connectivity index (χ1n) is 8.67. The van der Waals surface area contributed by atoms with Gasteiger partial charge >= 0.3 is 6.09 Å². The number of amides is 2. The molecule has 0 fully saturated rings. The first kappa shape index (κ1) is 20.6. The van der Waals surface area contributed by atoms with E-state index in [1.165, 1.54) is 18.2 Å². The van der Waals surface area contributed by atoms with E-state index in [0.717, 1.165) is 5.56 Å². The lowest BCUT2D eigenvalue weighted by Gasteiger charge is -2.23. The minimum absolute atomic E-state index is 0.108. The normalized spacial score (nSPS) is 12.7. The maximum absolute atomic E-state index is 12.7. The Morgan fingerprint density at radius 1 is 1.19 bits per heavy atom. The third-order valence-electron chi connectivity index (χ3n) is 4.20. The lowest BCUT2D eigenvalue weighted by atomic mass is 9.98. The van der Waals surface area contributed by atoms with Crippen LogP contribution in [0.5, 0.6) is 5.75 Å². The summed E-state index contributed by atoms with van der Waals surface area (Å²) in [6, 6.07) is 12.8. The predicted octanol–water partition coefficient (Wildman–Crippen LogP) is 4.33. The number of carbonyl (C=O) groups excluding carboxylic acids is 2. The summed E-state index contributed by atoms with van der Waals surface area (Å²) in [4.78, 5) is 24.8. The number of benzene rings is 2. The van der Waals surface area contributed by atoms with Crippen LogP contribution in [0.1, 0.15) is 25.8 Å². The number of halogens is 1. The molecule has 2 rings (SSSR count). The molecule has 0 heterocycles. The molecule has 27 heavy (non-hydrogen) atoms. The third-order valence-corrected chi connectivity index (χ3v) is 4.43. The van der Waals surface area contributed by atoms with Crippen molar-refractivity contribution >= 4 is 29.3 Å². The van der Waals surface area contributed by atoms with E-state index >= 15 is 0 Å². The molecule has 0 aliphatic carbocycles. The fourth-order valence-electron chi connectivity index (χ4n) is 2.41. The van der Waals surface area contributed by atoms with Crippen LogP contribution in [-0.4, -0.2) is 23.1 Å². The van der Waals surface area contributed by atoms with Crippen LogP contribution in [-0.2, 0) is 16.1 Å². The highest BCUT2D eigenvalue weighted by atomic mass is 35.5. The molecule has 0 saturated heterocycles. The molecule has 0 spiro atoms. The Balaban J connectivity index is 2.02. The number of hydrogen-bond acceptors (Lipinski definition) is 4. The standard InChI is InChI=1S/C20H23ClN2O4/c1-3-13(2)18(19(25)22-16-11-15(21)9-10-17(16)24)23-20(26)27-12-14-7-5-4-6-8-14/h4-11,13,18,24H,3,12H2,1-2H3,(H,22,25)(H,23,26)/t13-,18-/m0/s1. The number of nitrogens with one attached hydrogen (secondary N) is 2. The van der Waals surface area contributed by atoms with Crippen LogP contribution in [0.4, 0.5) is 10.5 Å². The van der Waals surface area contributed by atoms with Gasteiger partial charge < -0.3 is 20.5 Å². The number of rotatable bonds is 7. The Kier molecular flexibility index (Phi) is 7.49.